The zero-order valence-electron chi connectivity index (χ0n) is 11.3. The van der Waals surface area contributed by atoms with Crippen molar-refractivity contribution < 1.29 is 19.4 Å². The monoisotopic (exact) mass is 286 g/mol. The number of benzene rings is 1. The summed E-state index contributed by atoms with van der Waals surface area (Å²) in [6.45, 7) is 4.98. The highest BCUT2D eigenvalue weighted by atomic mass is 16.6. The van der Waals surface area contributed by atoms with Crippen LogP contribution in [0.15, 0.2) is 36.9 Å². The Hall–Kier alpha value is -2.76. The van der Waals surface area contributed by atoms with Crippen LogP contribution in [0, 0.1) is 0 Å². The second-order valence-corrected chi connectivity index (χ2v) is 4.55. The first-order valence-corrected chi connectivity index (χ1v) is 6.51. The molecule has 1 aliphatic rings. The number of aromatic nitrogens is 2. The van der Waals surface area contributed by atoms with Gasteiger partial charge in [-0.1, -0.05) is 6.08 Å². The summed E-state index contributed by atoms with van der Waals surface area (Å²) in [4.78, 5) is 11.2. The first kappa shape index (κ1) is 13.2. The summed E-state index contributed by atoms with van der Waals surface area (Å²) in [5.41, 5.74) is 1.48. The molecule has 0 radical (unpaired) electrons. The number of ether oxygens (including phenoxy) is 2. The fourth-order valence-corrected chi connectivity index (χ4v) is 2.19. The lowest BCUT2D eigenvalue weighted by Crippen LogP contribution is -2.15. The van der Waals surface area contributed by atoms with E-state index in [4.69, 9.17) is 9.47 Å². The van der Waals surface area contributed by atoms with E-state index in [2.05, 4.69) is 11.7 Å². The van der Waals surface area contributed by atoms with Crippen molar-refractivity contribution in [3.8, 4) is 22.8 Å². The Balaban J connectivity index is 2.02. The van der Waals surface area contributed by atoms with Crippen LogP contribution in [-0.2, 0) is 6.54 Å². The third-order valence-corrected chi connectivity index (χ3v) is 3.14. The van der Waals surface area contributed by atoms with Gasteiger partial charge in [0, 0.05) is 5.56 Å². The summed E-state index contributed by atoms with van der Waals surface area (Å²) in [6.07, 6.45) is 1.60. The number of allylic oxidation sites excluding steroid dienone is 1. The van der Waals surface area contributed by atoms with E-state index in [0.29, 0.717) is 37.0 Å². The van der Waals surface area contributed by atoms with E-state index in [9.17, 15) is 9.90 Å². The zero-order valence-corrected chi connectivity index (χ0v) is 11.3. The van der Waals surface area contributed by atoms with Crippen LogP contribution >= 0.6 is 0 Å². The Bertz CT molecular complexity index is 706. The van der Waals surface area contributed by atoms with Gasteiger partial charge in [-0.05, 0) is 24.3 Å². The molecule has 1 N–H and O–H groups in total. The molecule has 1 aromatic carbocycles. The minimum Gasteiger partial charge on any atom is -0.486 e. The molecule has 0 spiro atoms. The lowest BCUT2D eigenvalue weighted by atomic mass is 10.1. The molecule has 3 rings (SSSR count). The Morgan fingerprint density at radius 1 is 1.33 bits per heavy atom. The zero-order chi connectivity index (χ0) is 14.8. The first-order chi connectivity index (χ1) is 10.2. The molecule has 0 saturated heterocycles. The third kappa shape index (κ3) is 2.47. The van der Waals surface area contributed by atoms with Gasteiger partial charge >= 0.3 is 5.97 Å². The highest BCUT2D eigenvalue weighted by Crippen LogP contribution is 2.34. The van der Waals surface area contributed by atoms with Crippen molar-refractivity contribution in [3.05, 3.63) is 42.6 Å². The van der Waals surface area contributed by atoms with Crippen LogP contribution in [-0.4, -0.2) is 34.1 Å². The maximum atomic E-state index is 11.2. The van der Waals surface area contributed by atoms with Gasteiger partial charge in [-0.15, -0.1) is 6.58 Å². The summed E-state index contributed by atoms with van der Waals surface area (Å²) in [5.74, 6) is 0.316. The second-order valence-electron chi connectivity index (χ2n) is 4.55. The predicted octanol–water partition coefficient (Wildman–Crippen LogP) is 2.21. The molecular formula is C15H14N2O4. The number of aromatic carboxylic acids is 1. The Morgan fingerprint density at radius 2 is 2.10 bits per heavy atom. The number of carboxylic acids is 1. The van der Waals surface area contributed by atoms with Gasteiger partial charge in [0.2, 0.25) is 0 Å². The molecule has 1 aliphatic heterocycles. The molecule has 6 heteroatoms. The molecule has 2 aromatic rings. The molecular weight excluding hydrogens is 272 g/mol. The van der Waals surface area contributed by atoms with Crippen LogP contribution in [0.1, 0.15) is 10.5 Å². The van der Waals surface area contributed by atoms with Crippen LogP contribution in [0.2, 0.25) is 0 Å². The molecule has 108 valence electrons. The fourth-order valence-electron chi connectivity index (χ4n) is 2.19. The number of fused-ring (bicyclic) bond motifs is 1. The molecule has 0 atom stereocenters. The summed E-state index contributed by atoms with van der Waals surface area (Å²) in [5, 5.41) is 13.5. The first-order valence-electron chi connectivity index (χ1n) is 6.51. The Morgan fingerprint density at radius 3 is 2.81 bits per heavy atom. The molecule has 2 heterocycles. The summed E-state index contributed by atoms with van der Waals surface area (Å²) < 4.78 is 12.4. The van der Waals surface area contributed by atoms with Crippen molar-refractivity contribution in [1.29, 1.82) is 0 Å². The average molecular weight is 286 g/mol. The van der Waals surface area contributed by atoms with E-state index in [1.54, 1.807) is 18.2 Å². The van der Waals surface area contributed by atoms with E-state index >= 15 is 0 Å². The van der Waals surface area contributed by atoms with E-state index in [1.165, 1.54) is 10.7 Å². The molecule has 1 aromatic heterocycles. The smallest absolute Gasteiger partial charge is 0.354 e. The van der Waals surface area contributed by atoms with Crippen molar-refractivity contribution in [2.24, 2.45) is 0 Å². The standard InChI is InChI=1S/C15H14N2O4/c1-2-5-17-12(15(18)19)9-11(16-17)10-3-4-13-14(8-10)21-7-6-20-13/h2-4,8-9H,1,5-7H2,(H,18,19). The minimum absolute atomic E-state index is 0.125. The number of carboxylic acid groups (broad SMARTS) is 1. The molecule has 0 saturated carbocycles. The van der Waals surface area contributed by atoms with Crippen molar-refractivity contribution >= 4 is 5.97 Å². The summed E-state index contributed by atoms with van der Waals surface area (Å²) in [7, 11) is 0. The summed E-state index contributed by atoms with van der Waals surface area (Å²) >= 11 is 0. The van der Waals surface area contributed by atoms with E-state index in [-0.39, 0.29) is 5.69 Å². The number of hydrogen-bond donors (Lipinski definition) is 1. The Kier molecular flexibility index (Phi) is 3.35. The third-order valence-electron chi connectivity index (χ3n) is 3.14. The SMILES string of the molecule is C=CCn1nc(-c2ccc3c(c2)OCCO3)cc1C(=O)O. The maximum absolute atomic E-state index is 11.2. The largest absolute Gasteiger partial charge is 0.486 e. The lowest BCUT2D eigenvalue weighted by molar-refractivity contribution is 0.0684. The molecule has 0 bridgehead atoms. The number of rotatable bonds is 4. The topological polar surface area (TPSA) is 73.6 Å². The van der Waals surface area contributed by atoms with Crippen molar-refractivity contribution in [1.82, 2.24) is 9.78 Å². The van der Waals surface area contributed by atoms with Gasteiger partial charge in [0.05, 0.1) is 12.2 Å². The quantitative estimate of drug-likeness (QED) is 0.872. The van der Waals surface area contributed by atoms with Crippen LogP contribution < -0.4 is 9.47 Å². The van der Waals surface area contributed by atoms with Crippen LogP contribution in [0.3, 0.4) is 0 Å². The van der Waals surface area contributed by atoms with Crippen molar-refractivity contribution in [3.63, 3.8) is 0 Å². The van der Waals surface area contributed by atoms with Gasteiger partial charge in [-0.25, -0.2) is 4.79 Å². The van der Waals surface area contributed by atoms with Gasteiger partial charge in [0.1, 0.15) is 18.9 Å². The predicted molar refractivity (Wildman–Crippen MR) is 75.8 cm³/mol. The van der Waals surface area contributed by atoms with Crippen LogP contribution in [0.4, 0.5) is 0 Å². The fraction of sp³-hybridized carbons (Fsp3) is 0.200. The molecule has 21 heavy (non-hydrogen) atoms. The second kappa shape index (κ2) is 5.32. The molecule has 0 unspecified atom stereocenters. The molecule has 0 amide bonds. The summed E-state index contributed by atoms with van der Waals surface area (Å²) in [6, 6.07) is 6.98. The van der Waals surface area contributed by atoms with E-state index < -0.39 is 5.97 Å². The van der Waals surface area contributed by atoms with Gasteiger partial charge < -0.3 is 14.6 Å². The Labute approximate surface area is 121 Å². The molecule has 6 nitrogen and oxygen atoms in total. The lowest BCUT2D eigenvalue weighted by Gasteiger charge is -2.18. The average Bonchev–Trinajstić information content (AvgIpc) is 2.91. The normalized spacial score (nSPS) is 13.0. The van der Waals surface area contributed by atoms with Gasteiger partial charge in [-0.2, -0.15) is 5.10 Å². The maximum Gasteiger partial charge on any atom is 0.354 e. The minimum atomic E-state index is -1.02. The van der Waals surface area contributed by atoms with Gasteiger partial charge in [-0.3, -0.25) is 4.68 Å². The van der Waals surface area contributed by atoms with Crippen LogP contribution in [0.5, 0.6) is 11.5 Å². The van der Waals surface area contributed by atoms with Gasteiger partial charge in [0.25, 0.3) is 0 Å². The van der Waals surface area contributed by atoms with Crippen molar-refractivity contribution in [2.45, 2.75) is 6.54 Å². The van der Waals surface area contributed by atoms with Gasteiger partial charge in [0.15, 0.2) is 11.5 Å². The molecule has 0 fully saturated rings. The molecule has 0 aliphatic carbocycles. The van der Waals surface area contributed by atoms with Crippen LogP contribution in [0.25, 0.3) is 11.3 Å². The number of hydrogen-bond acceptors (Lipinski definition) is 4. The van der Waals surface area contributed by atoms with E-state index in [0.717, 1.165) is 5.56 Å². The highest BCUT2D eigenvalue weighted by Gasteiger charge is 2.17. The van der Waals surface area contributed by atoms with Crippen molar-refractivity contribution in [2.75, 3.05) is 13.2 Å². The number of carbonyl (C=O) groups is 1. The number of nitrogens with zero attached hydrogens (tertiary/aromatic N) is 2. The highest BCUT2D eigenvalue weighted by molar-refractivity contribution is 5.87. The van der Waals surface area contributed by atoms with E-state index in [1.807, 2.05) is 6.07 Å².